The van der Waals surface area contributed by atoms with Crippen molar-refractivity contribution in [3.63, 3.8) is 0 Å². The van der Waals surface area contributed by atoms with Gasteiger partial charge in [-0.15, -0.1) is 0 Å². The van der Waals surface area contributed by atoms with Crippen molar-refractivity contribution >= 4 is 32.6 Å². The molecule has 1 aliphatic heterocycles. The first kappa shape index (κ1) is 17.8. The Hall–Kier alpha value is -2.61. The Morgan fingerprint density at radius 1 is 1.19 bits per heavy atom. The van der Waals surface area contributed by atoms with Crippen LogP contribution in [0.2, 0.25) is 0 Å². The number of methoxy groups -OCH3 is 1. The van der Waals surface area contributed by atoms with Crippen molar-refractivity contribution in [1.29, 1.82) is 0 Å². The van der Waals surface area contributed by atoms with Crippen LogP contribution in [0.15, 0.2) is 30.5 Å². The third-order valence-corrected chi connectivity index (χ3v) is 5.87. The van der Waals surface area contributed by atoms with Crippen molar-refractivity contribution in [2.45, 2.75) is 19.9 Å². The van der Waals surface area contributed by atoms with Gasteiger partial charge in [-0.05, 0) is 32.0 Å². The van der Waals surface area contributed by atoms with Crippen LogP contribution in [0.25, 0.3) is 10.2 Å². The number of anilines is 1. The van der Waals surface area contributed by atoms with Crippen LogP contribution in [-0.2, 0) is 0 Å². The summed E-state index contributed by atoms with van der Waals surface area (Å²) in [6, 6.07) is 8.02. The molecule has 8 heteroatoms. The van der Waals surface area contributed by atoms with E-state index < -0.39 is 0 Å². The molecule has 1 fully saturated rings. The molecule has 3 heterocycles. The lowest BCUT2D eigenvalue weighted by Crippen LogP contribution is -2.48. The molecular formula is C19H23N5O2S. The zero-order valence-electron chi connectivity index (χ0n) is 15.8. The van der Waals surface area contributed by atoms with Gasteiger partial charge in [0, 0.05) is 38.4 Å². The Morgan fingerprint density at radius 3 is 2.63 bits per heavy atom. The van der Waals surface area contributed by atoms with E-state index in [1.807, 2.05) is 41.8 Å². The van der Waals surface area contributed by atoms with Crippen LogP contribution in [0.3, 0.4) is 0 Å². The summed E-state index contributed by atoms with van der Waals surface area (Å²) < 4.78 is 8.34. The largest absolute Gasteiger partial charge is 0.494 e. The average molecular weight is 385 g/mol. The van der Waals surface area contributed by atoms with Crippen LogP contribution in [0, 0.1) is 0 Å². The predicted molar refractivity (Wildman–Crippen MR) is 107 cm³/mol. The number of para-hydroxylation sites is 1. The monoisotopic (exact) mass is 385 g/mol. The molecule has 1 aromatic carbocycles. The highest BCUT2D eigenvalue weighted by molar-refractivity contribution is 7.22. The molecule has 0 saturated carbocycles. The molecule has 0 atom stereocenters. The molecule has 0 spiro atoms. The van der Waals surface area contributed by atoms with Crippen molar-refractivity contribution in [2.75, 3.05) is 38.2 Å². The van der Waals surface area contributed by atoms with Crippen molar-refractivity contribution in [2.24, 2.45) is 0 Å². The Labute approximate surface area is 162 Å². The lowest BCUT2D eigenvalue weighted by atomic mass is 10.3. The zero-order valence-corrected chi connectivity index (χ0v) is 16.6. The number of amides is 1. The first-order chi connectivity index (χ1) is 13.1. The zero-order chi connectivity index (χ0) is 19.0. The predicted octanol–water partition coefficient (Wildman–Crippen LogP) is 3.04. The van der Waals surface area contributed by atoms with Crippen molar-refractivity contribution in [3.05, 3.63) is 36.2 Å². The molecule has 2 aromatic heterocycles. The van der Waals surface area contributed by atoms with E-state index in [2.05, 4.69) is 16.1 Å². The smallest absolute Gasteiger partial charge is 0.274 e. The molecule has 142 valence electrons. The fourth-order valence-corrected chi connectivity index (χ4v) is 4.25. The standard InChI is InChI=1S/C19H23N5O2S/c1-13(2)24-8-7-14(21-24)18(25)22-9-11-23(12-10-22)19-20-17-15(26-3)5-4-6-16(17)27-19/h4-8,13H,9-12H2,1-3H3. The van der Waals surface area contributed by atoms with Gasteiger partial charge >= 0.3 is 0 Å². The topological polar surface area (TPSA) is 63.5 Å². The summed E-state index contributed by atoms with van der Waals surface area (Å²) in [5.74, 6) is 0.796. The average Bonchev–Trinajstić information content (AvgIpc) is 3.34. The molecule has 4 rings (SSSR count). The van der Waals surface area contributed by atoms with Crippen LogP contribution in [-0.4, -0.2) is 58.9 Å². The highest BCUT2D eigenvalue weighted by Gasteiger charge is 2.25. The number of aromatic nitrogens is 3. The van der Waals surface area contributed by atoms with E-state index >= 15 is 0 Å². The number of thiazole rings is 1. The molecular weight excluding hydrogens is 362 g/mol. The molecule has 0 bridgehead atoms. The fraction of sp³-hybridized carbons (Fsp3) is 0.421. The minimum atomic E-state index is 0.0000177. The van der Waals surface area contributed by atoms with Crippen molar-refractivity contribution in [3.8, 4) is 5.75 Å². The second kappa shape index (κ2) is 7.19. The van der Waals surface area contributed by atoms with Crippen LogP contribution in [0.5, 0.6) is 5.75 Å². The summed E-state index contributed by atoms with van der Waals surface area (Å²) in [6.45, 7) is 6.96. The fourth-order valence-electron chi connectivity index (χ4n) is 3.21. The van der Waals surface area contributed by atoms with E-state index in [0.717, 1.165) is 34.2 Å². The summed E-state index contributed by atoms with van der Waals surface area (Å²) in [7, 11) is 1.67. The lowest BCUT2D eigenvalue weighted by molar-refractivity contribution is 0.0739. The van der Waals surface area contributed by atoms with E-state index in [1.165, 1.54) is 0 Å². The number of fused-ring (bicyclic) bond motifs is 1. The van der Waals surface area contributed by atoms with Gasteiger partial charge in [-0.3, -0.25) is 9.48 Å². The number of carbonyl (C=O) groups excluding carboxylic acids is 1. The molecule has 0 radical (unpaired) electrons. The Kier molecular flexibility index (Phi) is 4.73. The van der Waals surface area contributed by atoms with Gasteiger partial charge in [-0.1, -0.05) is 17.4 Å². The third-order valence-electron chi connectivity index (χ3n) is 4.78. The molecule has 3 aromatic rings. The van der Waals surface area contributed by atoms with E-state index in [1.54, 1.807) is 24.5 Å². The number of rotatable bonds is 4. The van der Waals surface area contributed by atoms with E-state index in [4.69, 9.17) is 9.72 Å². The van der Waals surface area contributed by atoms with E-state index in [9.17, 15) is 4.79 Å². The number of hydrogen-bond donors (Lipinski definition) is 0. The highest BCUT2D eigenvalue weighted by Crippen LogP contribution is 2.34. The van der Waals surface area contributed by atoms with Gasteiger partial charge in [0.1, 0.15) is 17.0 Å². The normalized spacial score (nSPS) is 15.0. The summed E-state index contributed by atoms with van der Waals surface area (Å²) in [4.78, 5) is 21.6. The second-order valence-electron chi connectivity index (χ2n) is 6.86. The first-order valence-electron chi connectivity index (χ1n) is 9.09. The summed E-state index contributed by atoms with van der Waals surface area (Å²) in [6.07, 6.45) is 1.86. The number of piperazine rings is 1. The van der Waals surface area contributed by atoms with Crippen molar-refractivity contribution in [1.82, 2.24) is 19.7 Å². The van der Waals surface area contributed by atoms with E-state index in [0.29, 0.717) is 18.8 Å². The van der Waals surface area contributed by atoms with Gasteiger partial charge in [0.25, 0.3) is 5.91 Å². The minimum Gasteiger partial charge on any atom is -0.494 e. The van der Waals surface area contributed by atoms with Gasteiger partial charge in [-0.25, -0.2) is 4.98 Å². The quantitative estimate of drug-likeness (QED) is 0.691. The maximum atomic E-state index is 12.7. The molecule has 0 unspecified atom stereocenters. The van der Waals surface area contributed by atoms with Crippen LogP contribution in [0.4, 0.5) is 5.13 Å². The van der Waals surface area contributed by atoms with Gasteiger partial charge in [0.2, 0.25) is 0 Å². The van der Waals surface area contributed by atoms with E-state index in [-0.39, 0.29) is 11.9 Å². The Morgan fingerprint density at radius 2 is 1.96 bits per heavy atom. The Balaban J connectivity index is 1.45. The van der Waals surface area contributed by atoms with Crippen LogP contribution < -0.4 is 9.64 Å². The third kappa shape index (κ3) is 3.37. The summed E-state index contributed by atoms with van der Waals surface area (Å²) in [5, 5.41) is 5.38. The van der Waals surface area contributed by atoms with Crippen LogP contribution in [0.1, 0.15) is 30.4 Å². The number of nitrogens with zero attached hydrogens (tertiary/aromatic N) is 5. The molecule has 7 nitrogen and oxygen atoms in total. The molecule has 0 N–H and O–H groups in total. The second-order valence-corrected chi connectivity index (χ2v) is 7.87. The first-order valence-corrected chi connectivity index (χ1v) is 9.91. The summed E-state index contributed by atoms with van der Waals surface area (Å²) >= 11 is 1.66. The van der Waals surface area contributed by atoms with Gasteiger partial charge < -0.3 is 14.5 Å². The molecule has 1 aliphatic rings. The molecule has 0 aliphatic carbocycles. The summed E-state index contributed by atoms with van der Waals surface area (Å²) in [5.41, 5.74) is 1.42. The van der Waals surface area contributed by atoms with Crippen molar-refractivity contribution < 1.29 is 9.53 Å². The number of carbonyl (C=O) groups is 1. The molecule has 27 heavy (non-hydrogen) atoms. The number of ether oxygens (including phenoxy) is 1. The maximum absolute atomic E-state index is 12.7. The molecule has 1 saturated heterocycles. The number of benzene rings is 1. The molecule has 1 amide bonds. The van der Waals surface area contributed by atoms with Gasteiger partial charge in [0.05, 0.1) is 11.8 Å². The number of hydrogen-bond acceptors (Lipinski definition) is 6. The van der Waals surface area contributed by atoms with Gasteiger partial charge in [0.15, 0.2) is 5.13 Å². The van der Waals surface area contributed by atoms with Gasteiger partial charge in [-0.2, -0.15) is 5.10 Å². The SMILES string of the molecule is COc1cccc2sc(N3CCN(C(=O)c4ccn(C(C)C)n4)CC3)nc12. The minimum absolute atomic E-state index is 0.0000177. The lowest BCUT2D eigenvalue weighted by Gasteiger charge is -2.34. The highest BCUT2D eigenvalue weighted by atomic mass is 32.1. The van der Waals surface area contributed by atoms with Crippen LogP contribution >= 0.6 is 11.3 Å². The maximum Gasteiger partial charge on any atom is 0.274 e. The Bertz CT molecular complexity index is 956.